The first-order chi connectivity index (χ1) is 8.90. The lowest BCUT2D eigenvalue weighted by molar-refractivity contribution is 0.537. The Bertz CT molecular complexity index is 643. The van der Waals surface area contributed by atoms with Crippen molar-refractivity contribution in [1.82, 2.24) is 9.78 Å². The minimum atomic E-state index is -0.116. The van der Waals surface area contributed by atoms with E-state index in [0.717, 1.165) is 11.3 Å². The van der Waals surface area contributed by atoms with Gasteiger partial charge < -0.3 is 0 Å². The lowest BCUT2D eigenvalue weighted by Gasteiger charge is -2.14. The van der Waals surface area contributed by atoms with Crippen LogP contribution in [0.25, 0.3) is 0 Å². The van der Waals surface area contributed by atoms with Crippen LogP contribution in [0.4, 0.5) is 0 Å². The number of nitrogens with zero attached hydrogens (tertiary/aromatic N) is 1. The van der Waals surface area contributed by atoms with Crippen LogP contribution in [-0.4, -0.2) is 9.78 Å². The minimum absolute atomic E-state index is 0.0396. The Labute approximate surface area is 122 Å². The van der Waals surface area contributed by atoms with Gasteiger partial charge in [0.2, 0.25) is 0 Å². The SMILES string of the molecule is CC(C)c1cc(=O)n(C(C)c2ccc(Cl)c(Cl)c2)[nH]1. The van der Waals surface area contributed by atoms with Crippen molar-refractivity contribution in [3.8, 4) is 0 Å². The van der Waals surface area contributed by atoms with Crippen molar-refractivity contribution in [3.63, 3.8) is 0 Å². The van der Waals surface area contributed by atoms with Crippen LogP contribution in [0.1, 0.15) is 44.0 Å². The van der Waals surface area contributed by atoms with E-state index in [2.05, 4.69) is 5.10 Å². The predicted molar refractivity (Wildman–Crippen MR) is 79.4 cm³/mol. The van der Waals surface area contributed by atoms with Gasteiger partial charge in [0, 0.05) is 11.8 Å². The molecule has 1 aromatic heterocycles. The van der Waals surface area contributed by atoms with E-state index in [-0.39, 0.29) is 17.5 Å². The topological polar surface area (TPSA) is 37.8 Å². The molecular formula is C14H16Cl2N2O. The predicted octanol–water partition coefficient (Wildman–Crippen LogP) is 4.22. The fraction of sp³-hybridized carbons (Fsp3) is 0.357. The van der Waals surface area contributed by atoms with Gasteiger partial charge in [0.1, 0.15) is 0 Å². The Morgan fingerprint density at radius 2 is 1.79 bits per heavy atom. The summed E-state index contributed by atoms with van der Waals surface area (Å²) in [7, 11) is 0. The molecule has 0 aliphatic heterocycles. The zero-order valence-electron chi connectivity index (χ0n) is 11.1. The van der Waals surface area contributed by atoms with E-state index < -0.39 is 0 Å². The summed E-state index contributed by atoms with van der Waals surface area (Å²) < 4.78 is 1.61. The zero-order chi connectivity index (χ0) is 14.2. The van der Waals surface area contributed by atoms with Crippen LogP contribution < -0.4 is 5.56 Å². The second-order valence-electron chi connectivity index (χ2n) is 4.92. The van der Waals surface area contributed by atoms with Gasteiger partial charge in [-0.15, -0.1) is 0 Å². The number of hydrogen-bond acceptors (Lipinski definition) is 1. The monoisotopic (exact) mass is 298 g/mol. The van der Waals surface area contributed by atoms with Gasteiger partial charge >= 0.3 is 0 Å². The molecule has 0 aliphatic rings. The zero-order valence-corrected chi connectivity index (χ0v) is 12.6. The van der Waals surface area contributed by atoms with Crippen molar-refractivity contribution in [2.24, 2.45) is 0 Å². The van der Waals surface area contributed by atoms with E-state index in [1.54, 1.807) is 22.9 Å². The maximum absolute atomic E-state index is 12.0. The summed E-state index contributed by atoms with van der Waals surface area (Å²) >= 11 is 11.9. The van der Waals surface area contributed by atoms with E-state index in [4.69, 9.17) is 23.2 Å². The number of benzene rings is 1. The molecule has 1 N–H and O–H groups in total. The molecule has 0 fully saturated rings. The Morgan fingerprint density at radius 3 is 2.32 bits per heavy atom. The molecule has 0 aliphatic carbocycles. The summed E-state index contributed by atoms with van der Waals surface area (Å²) in [6, 6.07) is 6.93. The molecule has 1 aromatic carbocycles. The van der Waals surface area contributed by atoms with Gasteiger partial charge in [-0.3, -0.25) is 9.89 Å². The van der Waals surface area contributed by atoms with Gasteiger partial charge in [-0.1, -0.05) is 43.1 Å². The average molecular weight is 299 g/mol. The molecule has 2 aromatic rings. The maximum atomic E-state index is 12.0. The number of halogens is 2. The van der Waals surface area contributed by atoms with Gasteiger partial charge in [0.25, 0.3) is 5.56 Å². The molecule has 0 bridgehead atoms. The average Bonchev–Trinajstić information content (AvgIpc) is 2.74. The van der Waals surface area contributed by atoms with Crippen LogP contribution in [0.15, 0.2) is 29.1 Å². The molecule has 102 valence electrons. The first-order valence-electron chi connectivity index (χ1n) is 6.16. The molecule has 0 saturated carbocycles. The number of hydrogen-bond donors (Lipinski definition) is 1. The third kappa shape index (κ3) is 2.88. The van der Waals surface area contributed by atoms with Crippen molar-refractivity contribution < 1.29 is 0 Å². The molecule has 5 heteroatoms. The minimum Gasteiger partial charge on any atom is -0.299 e. The van der Waals surface area contributed by atoms with Crippen molar-refractivity contribution in [1.29, 1.82) is 0 Å². The normalized spacial score (nSPS) is 12.9. The fourth-order valence-corrected chi connectivity index (χ4v) is 2.24. The van der Waals surface area contributed by atoms with Gasteiger partial charge in [-0.2, -0.15) is 0 Å². The summed E-state index contributed by atoms with van der Waals surface area (Å²) in [5.41, 5.74) is 1.83. The Hall–Kier alpha value is -1.19. The van der Waals surface area contributed by atoms with E-state index in [1.165, 1.54) is 0 Å². The van der Waals surface area contributed by atoms with Gasteiger partial charge in [0.05, 0.1) is 16.1 Å². The third-order valence-electron chi connectivity index (χ3n) is 3.20. The molecular weight excluding hydrogens is 283 g/mol. The lowest BCUT2D eigenvalue weighted by Crippen LogP contribution is -2.20. The molecule has 1 unspecified atom stereocenters. The highest BCUT2D eigenvalue weighted by atomic mass is 35.5. The van der Waals surface area contributed by atoms with E-state index >= 15 is 0 Å². The standard InChI is InChI=1S/C14H16Cl2N2O/c1-8(2)13-7-14(19)18(17-13)9(3)10-4-5-11(15)12(16)6-10/h4-9,17H,1-3H3. The fourth-order valence-electron chi connectivity index (χ4n) is 1.93. The van der Waals surface area contributed by atoms with Crippen LogP contribution in [0.2, 0.25) is 10.0 Å². The molecule has 0 saturated heterocycles. The summed E-state index contributed by atoms with van der Waals surface area (Å²) in [6.07, 6.45) is 0. The van der Waals surface area contributed by atoms with Crippen LogP contribution in [0, 0.1) is 0 Å². The number of aromatic nitrogens is 2. The second kappa shape index (κ2) is 5.43. The first-order valence-corrected chi connectivity index (χ1v) is 6.92. The highest BCUT2D eigenvalue weighted by Gasteiger charge is 2.14. The quantitative estimate of drug-likeness (QED) is 0.905. The highest BCUT2D eigenvalue weighted by Crippen LogP contribution is 2.26. The summed E-state index contributed by atoms with van der Waals surface area (Å²) in [4.78, 5) is 12.0. The molecule has 1 heterocycles. The third-order valence-corrected chi connectivity index (χ3v) is 3.94. The molecule has 1 atom stereocenters. The van der Waals surface area contributed by atoms with Crippen LogP contribution in [0.5, 0.6) is 0 Å². The van der Waals surface area contributed by atoms with Gasteiger partial charge in [0.15, 0.2) is 0 Å². The Morgan fingerprint density at radius 1 is 1.11 bits per heavy atom. The number of H-pyrrole nitrogens is 1. The Kier molecular flexibility index (Phi) is 4.07. The van der Waals surface area contributed by atoms with Crippen molar-refractivity contribution in [2.75, 3.05) is 0 Å². The van der Waals surface area contributed by atoms with Crippen LogP contribution in [0.3, 0.4) is 0 Å². The largest absolute Gasteiger partial charge is 0.299 e. The van der Waals surface area contributed by atoms with E-state index in [9.17, 15) is 4.79 Å². The lowest BCUT2D eigenvalue weighted by atomic mass is 10.1. The van der Waals surface area contributed by atoms with Crippen molar-refractivity contribution in [3.05, 3.63) is 55.9 Å². The summed E-state index contributed by atoms with van der Waals surface area (Å²) in [6.45, 7) is 6.03. The smallest absolute Gasteiger partial charge is 0.267 e. The molecule has 2 rings (SSSR count). The Balaban J connectivity index is 2.41. The van der Waals surface area contributed by atoms with E-state index in [0.29, 0.717) is 10.0 Å². The second-order valence-corrected chi connectivity index (χ2v) is 5.74. The number of nitrogens with one attached hydrogen (secondary N) is 1. The van der Waals surface area contributed by atoms with Crippen LogP contribution >= 0.6 is 23.2 Å². The van der Waals surface area contributed by atoms with Gasteiger partial charge in [-0.05, 0) is 30.5 Å². The summed E-state index contributed by atoms with van der Waals surface area (Å²) in [5, 5.41) is 4.15. The molecule has 19 heavy (non-hydrogen) atoms. The number of rotatable bonds is 3. The highest BCUT2D eigenvalue weighted by molar-refractivity contribution is 6.42. The molecule has 0 spiro atoms. The molecule has 0 radical (unpaired) electrons. The first kappa shape index (κ1) is 14.2. The van der Waals surface area contributed by atoms with Crippen molar-refractivity contribution in [2.45, 2.75) is 32.7 Å². The number of aromatic amines is 1. The molecule has 0 amide bonds. The molecule has 3 nitrogen and oxygen atoms in total. The summed E-state index contributed by atoms with van der Waals surface area (Å²) in [5.74, 6) is 0.287. The maximum Gasteiger partial charge on any atom is 0.267 e. The van der Waals surface area contributed by atoms with Crippen molar-refractivity contribution >= 4 is 23.2 Å². The van der Waals surface area contributed by atoms with E-state index in [1.807, 2.05) is 26.8 Å². The van der Waals surface area contributed by atoms with Gasteiger partial charge in [-0.25, -0.2) is 4.68 Å². The van der Waals surface area contributed by atoms with Crippen LogP contribution in [-0.2, 0) is 0 Å².